The van der Waals surface area contributed by atoms with Crippen LogP contribution in [0.25, 0.3) is 10.9 Å². The monoisotopic (exact) mass is 259 g/mol. The fourth-order valence-electron chi connectivity index (χ4n) is 3.00. The van der Waals surface area contributed by atoms with Gasteiger partial charge in [-0.15, -0.1) is 0 Å². The molecule has 0 saturated carbocycles. The molecule has 0 fully saturated rings. The molecule has 2 nitrogen and oxygen atoms in total. The Morgan fingerprint density at radius 2 is 1.74 bits per heavy atom. The Morgan fingerprint density at radius 3 is 2.37 bits per heavy atom. The smallest absolute Gasteiger partial charge is 0.0828 e. The topological polar surface area (TPSA) is 15.8 Å². The molecule has 1 N–H and O–H groups in total. The molecule has 0 aliphatic rings. The lowest BCUT2D eigenvalue weighted by Crippen LogP contribution is -2.48. The molecule has 19 heavy (non-hydrogen) atoms. The van der Waals surface area contributed by atoms with Gasteiger partial charge in [0.25, 0.3) is 0 Å². The molecule has 1 aromatic carbocycles. The van der Waals surface area contributed by atoms with Crippen LogP contribution in [0.2, 0.25) is 0 Å². The summed E-state index contributed by atoms with van der Waals surface area (Å²) in [5, 5.41) is 1.40. The largest absolute Gasteiger partial charge is 0.361 e. The molecule has 104 valence electrons. The Kier molecular flexibility index (Phi) is 4.31. The average Bonchev–Trinajstić information content (AvgIpc) is 2.83. The number of aromatic nitrogens is 1. The number of benzene rings is 1. The summed E-state index contributed by atoms with van der Waals surface area (Å²) in [6, 6.07) is 6.67. The first-order valence-electron chi connectivity index (χ1n) is 7.56. The molecule has 0 unspecified atom stereocenters. The summed E-state index contributed by atoms with van der Waals surface area (Å²) in [6.45, 7) is 14.0. The van der Waals surface area contributed by atoms with E-state index in [1.807, 2.05) is 0 Å². The van der Waals surface area contributed by atoms with Crippen molar-refractivity contribution in [3.63, 3.8) is 0 Å². The van der Waals surface area contributed by atoms with Crippen molar-refractivity contribution in [3.05, 3.63) is 35.5 Å². The molecule has 0 aliphatic heterocycles. The van der Waals surface area contributed by atoms with E-state index in [1.165, 1.54) is 59.1 Å². The van der Waals surface area contributed by atoms with Gasteiger partial charge in [0, 0.05) is 23.5 Å². The fraction of sp³-hybridized carbons (Fsp3) is 0.529. The number of likely N-dealkylation sites (N-methyl/N-ethyl adjacent to an activating group) is 1. The van der Waals surface area contributed by atoms with E-state index in [9.17, 15) is 0 Å². The molecule has 1 aromatic heterocycles. The molecule has 0 aliphatic carbocycles. The van der Waals surface area contributed by atoms with Gasteiger partial charge in [-0.25, -0.2) is 0 Å². The number of aryl methyl sites for hydroxylation is 1. The van der Waals surface area contributed by atoms with Gasteiger partial charge < -0.3 is 9.47 Å². The van der Waals surface area contributed by atoms with Crippen molar-refractivity contribution >= 4 is 10.9 Å². The van der Waals surface area contributed by atoms with Crippen LogP contribution in [-0.2, 0) is 6.42 Å². The summed E-state index contributed by atoms with van der Waals surface area (Å²) in [5.41, 5.74) is 4.08. The quantitative estimate of drug-likeness (QED) is 0.757. The van der Waals surface area contributed by atoms with E-state index in [4.69, 9.17) is 0 Å². The van der Waals surface area contributed by atoms with E-state index >= 15 is 0 Å². The van der Waals surface area contributed by atoms with Crippen LogP contribution in [0, 0.1) is 6.92 Å². The van der Waals surface area contributed by atoms with E-state index in [0.717, 1.165) is 0 Å². The van der Waals surface area contributed by atoms with Crippen LogP contribution >= 0.6 is 0 Å². The van der Waals surface area contributed by atoms with Gasteiger partial charge in [0.2, 0.25) is 0 Å². The van der Waals surface area contributed by atoms with Gasteiger partial charge in [-0.3, -0.25) is 0 Å². The summed E-state index contributed by atoms with van der Waals surface area (Å²) in [7, 11) is 0. The molecule has 0 bridgehead atoms. The van der Waals surface area contributed by atoms with Crippen LogP contribution in [0.1, 0.15) is 31.9 Å². The SMILES string of the molecule is CC[N+](CC)(CC)CCc1c[nH]c2ccc(C)cc12. The van der Waals surface area contributed by atoms with E-state index < -0.39 is 0 Å². The Bertz CT molecular complexity index is 527. The maximum Gasteiger partial charge on any atom is 0.0828 e. The third-order valence-electron chi connectivity index (χ3n) is 4.79. The van der Waals surface area contributed by atoms with Crippen molar-refractivity contribution in [2.24, 2.45) is 0 Å². The van der Waals surface area contributed by atoms with Crippen LogP contribution in [0.15, 0.2) is 24.4 Å². The summed E-state index contributed by atoms with van der Waals surface area (Å²) >= 11 is 0. The Morgan fingerprint density at radius 1 is 1.05 bits per heavy atom. The second-order valence-corrected chi connectivity index (χ2v) is 5.63. The Balaban J connectivity index is 2.20. The minimum atomic E-state index is 1.17. The normalized spacial score (nSPS) is 12.2. The van der Waals surface area contributed by atoms with Gasteiger partial charge >= 0.3 is 0 Å². The van der Waals surface area contributed by atoms with Crippen molar-refractivity contribution < 1.29 is 4.48 Å². The average molecular weight is 259 g/mol. The fourth-order valence-corrected chi connectivity index (χ4v) is 3.00. The van der Waals surface area contributed by atoms with Gasteiger partial charge in [-0.05, 0) is 45.4 Å². The number of nitrogens with one attached hydrogen (secondary N) is 1. The summed E-state index contributed by atoms with van der Waals surface area (Å²) in [6.07, 6.45) is 3.36. The first-order chi connectivity index (χ1) is 9.14. The number of fused-ring (bicyclic) bond motifs is 1. The van der Waals surface area contributed by atoms with Crippen LogP contribution < -0.4 is 0 Å². The minimum Gasteiger partial charge on any atom is -0.361 e. The van der Waals surface area contributed by atoms with Crippen LogP contribution in [0.3, 0.4) is 0 Å². The number of aromatic amines is 1. The van der Waals surface area contributed by atoms with Crippen molar-refractivity contribution in [2.45, 2.75) is 34.1 Å². The van der Waals surface area contributed by atoms with E-state index in [0.29, 0.717) is 0 Å². The van der Waals surface area contributed by atoms with Crippen molar-refractivity contribution in [1.82, 2.24) is 4.98 Å². The molecule has 2 heteroatoms. The molecular weight excluding hydrogens is 232 g/mol. The standard InChI is InChI=1S/C17H27N2/c1-5-19(6-2,7-3)11-10-15-13-18-17-9-8-14(4)12-16(15)17/h8-9,12-13,18H,5-7,10-11H2,1-4H3/q+1. The van der Waals surface area contributed by atoms with Crippen molar-refractivity contribution in [3.8, 4) is 0 Å². The van der Waals surface area contributed by atoms with Crippen molar-refractivity contribution in [2.75, 3.05) is 26.2 Å². The molecular formula is C17H27N2+. The number of hydrogen-bond acceptors (Lipinski definition) is 0. The van der Waals surface area contributed by atoms with E-state index in [1.54, 1.807) is 0 Å². The third kappa shape index (κ3) is 2.84. The van der Waals surface area contributed by atoms with Gasteiger partial charge in [-0.1, -0.05) is 11.6 Å². The maximum absolute atomic E-state index is 3.40. The number of hydrogen-bond donors (Lipinski definition) is 1. The highest BCUT2D eigenvalue weighted by atomic mass is 15.3. The lowest BCUT2D eigenvalue weighted by Gasteiger charge is -2.35. The maximum atomic E-state index is 3.40. The van der Waals surface area contributed by atoms with Gasteiger partial charge in [0.1, 0.15) is 0 Å². The molecule has 0 radical (unpaired) electrons. The predicted octanol–water partition coefficient (Wildman–Crippen LogP) is 3.90. The first kappa shape index (κ1) is 14.1. The zero-order valence-corrected chi connectivity index (χ0v) is 12.8. The lowest BCUT2D eigenvalue weighted by atomic mass is 10.1. The predicted molar refractivity (Wildman–Crippen MR) is 83.5 cm³/mol. The molecule has 0 atom stereocenters. The molecule has 0 spiro atoms. The molecule has 1 heterocycles. The summed E-state index contributed by atoms with van der Waals surface area (Å²) in [4.78, 5) is 3.40. The van der Waals surface area contributed by atoms with Crippen LogP contribution in [0.4, 0.5) is 0 Å². The van der Waals surface area contributed by atoms with Crippen LogP contribution in [0.5, 0.6) is 0 Å². The van der Waals surface area contributed by atoms with Crippen LogP contribution in [-0.4, -0.2) is 35.6 Å². The highest BCUT2D eigenvalue weighted by Crippen LogP contribution is 2.21. The number of quaternary nitrogens is 1. The van der Waals surface area contributed by atoms with Gasteiger partial charge in [-0.2, -0.15) is 0 Å². The highest BCUT2D eigenvalue weighted by Gasteiger charge is 2.20. The third-order valence-corrected chi connectivity index (χ3v) is 4.79. The number of nitrogens with zero attached hydrogens (tertiary/aromatic N) is 1. The first-order valence-corrected chi connectivity index (χ1v) is 7.56. The number of rotatable bonds is 6. The molecule has 0 amide bonds. The van der Waals surface area contributed by atoms with Gasteiger partial charge in [0.05, 0.1) is 26.2 Å². The highest BCUT2D eigenvalue weighted by molar-refractivity contribution is 5.83. The Labute approximate surface area is 117 Å². The second kappa shape index (κ2) is 5.79. The zero-order chi connectivity index (χ0) is 13.9. The number of H-pyrrole nitrogens is 1. The summed E-state index contributed by atoms with van der Waals surface area (Å²) < 4.78 is 1.22. The van der Waals surface area contributed by atoms with Crippen molar-refractivity contribution in [1.29, 1.82) is 0 Å². The minimum absolute atomic E-state index is 1.17. The van der Waals surface area contributed by atoms with E-state index in [-0.39, 0.29) is 0 Å². The molecule has 0 saturated heterocycles. The second-order valence-electron chi connectivity index (χ2n) is 5.63. The molecule has 2 aromatic rings. The lowest BCUT2D eigenvalue weighted by molar-refractivity contribution is -0.923. The zero-order valence-electron chi connectivity index (χ0n) is 12.8. The Hall–Kier alpha value is -1.28. The van der Waals surface area contributed by atoms with E-state index in [2.05, 4.69) is 57.1 Å². The molecule has 2 rings (SSSR count). The summed E-state index contributed by atoms with van der Waals surface area (Å²) in [5.74, 6) is 0. The van der Waals surface area contributed by atoms with Gasteiger partial charge in [0.15, 0.2) is 0 Å².